The highest BCUT2D eigenvalue weighted by atomic mass is 79.9. The Morgan fingerprint density at radius 2 is 2.13 bits per heavy atom. The van der Waals surface area contributed by atoms with Gasteiger partial charge in [0, 0.05) is 10.9 Å². The highest BCUT2D eigenvalue weighted by Crippen LogP contribution is 2.29. The molecule has 0 saturated heterocycles. The molecule has 7 heteroatoms. The van der Waals surface area contributed by atoms with E-state index in [4.69, 9.17) is 5.73 Å². The molecule has 0 aliphatic rings. The fraction of sp³-hybridized carbons (Fsp3) is 0.375. The van der Waals surface area contributed by atoms with Crippen molar-refractivity contribution in [3.63, 3.8) is 0 Å². The van der Waals surface area contributed by atoms with Crippen LogP contribution in [0.2, 0.25) is 0 Å². The highest BCUT2D eigenvalue weighted by molar-refractivity contribution is 9.08. The van der Waals surface area contributed by atoms with Gasteiger partial charge >= 0.3 is 6.36 Å². The first kappa shape index (κ1) is 12.1. The number of ether oxygens (including phenoxy) is 1. The minimum atomic E-state index is -4.76. The van der Waals surface area contributed by atoms with E-state index >= 15 is 0 Å². The molecule has 0 radical (unpaired) electrons. The summed E-state index contributed by atoms with van der Waals surface area (Å²) in [6, 6.07) is 1.49. The maximum atomic E-state index is 12.0. The molecule has 15 heavy (non-hydrogen) atoms. The second-order valence-corrected chi connectivity index (χ2v) is 3.39. The zero-order chi connectivity index (χ0) is 11.6. The quantitative estimate of drug-likeness (QED) is 0.850. The smallest absolute Gasteiger partial charge is 0.387 e. The summed E-state index contributed by atoms with van der Waals surface area (Å²) in [6.45, 7) is 1.64. The van der Waals surface area contributed by atoms with Crippen molar-refractivity contribution >= 4 is 21.7 Å². The Morgan fingerprint density at radius 1 is 1.53 bits per heavy atom. The van der Waals surface area contributed by atoms with E-state index in [9.17, 15) is 13.2 Å². The molecule has 1 aromatic heterocycles. The normalized spacial score (nSPS) is 11.5. The fourth-order valence-electron chi connectivity index (χ4n) is 1.05. The average Bonchev–Trinajstić information content (AvgIpc) is 1.99. The lowest BCUT2D eigenvalue weighted by Gasteiger charge is -2.13. The molecule has 0 saturated carbocycles. The number of alkyl halides is 4. The Labute approximate surface area is 92.6 Å². The zero-order valence-electron chi connectivity index (χ0n) is 7.73. The van der Waals surface area contributed by atoms with Gasteiger partial charge in [0.15, 0.2) is 0 Å². The maximum absolute atomic E-state index is 12.0. The molecule has 1 heterocycles. The van der Waals surface area contributed by atoms with E-state index in [-0.39, 0.29) is 11.1 Å². The third-order valence-electron chi connectivity index (χ3n) is 1.68. The van der Waals surface area contributed by atoms with Crippen molar-refractivity contribution in [2.75, 3.05) is 5.73 Å². The van der Waals surface area contributed by atoms with Crippen LogP contribution in [-0.2, 0) is 5.33 Å². The number of rotatable bonds is 2. The van der Waals surface area contributed by atoms with Crippen molar-refractivity contribution in [3.8, 4) is 5.88 Å². The summed E-state index contributed by atoms with van der Waals surface area (Å²) in [6.07, 6.45) is -4.76. The van der Waals surface area contributed by atoms with Gasteiger partial charge in [-0.1, -0.05) is 15.9 Å². The Kier molecular flexibility index (Phi) is 3.43. The lowest BCUT2D eigenvalue weighted by Crippen LogP contribution is -2.19. The van der Waals surface area contributed by atoms with Crippen LogP contribution in [0.1, 0.15) is 11.1 Å². The van der Waals surface area contributed by atoms with E-state index in [1.807, 2.05) is 0 Å². The number of hydrogen-bond donors (Lipinski definition) is 1. The Balaban J connectivity index is 3.15. The molecule has 0 fully saturated rings. The van der Waals surface area contributed by atoms with Crippen LogP contribution in [0.15, 0.2) is 6.07 Å². The molecular weight excluding hydrogens is 277 g/mol. The van der Waals surface area contributed by atoms with Crippen LogP contribution in [0.5, 0.6) is 5.88 Å². The third kappa shape index (κ3) is 3.26. The minimum Gasteiger partial charge on any atom is -0.387 e. The Bertz CT molecular complexity index is 368. The predicted molar refractivity (Wildman–Crippen MR) is 52.7 cm³/mol. The third-order valence-corrected chi connectivity index (χ3v) is 2.24. The summed E-state index contributed by atoms with van der Waals surface area (Å²) in [7, 11) is 0. The lowest BCUT2D eigenvalue weighted by molar-refractivity contribution is -0.276. The molecule has 1 aromatic rings. The van der Waals surface area contributed by atoms with Crippen molar-refractivity contribution in [2.45, 2.75) is 18.6 Å². The number of nitrogen functional groups attached to an aromatic ring is 1. The highest BCUT2D eigenvalue weighted by Gasteiger charge is 2.33. The molecule has 0 spiro atoms. The molecule has 1 rings (SSSR count). The first-order valence-corrected chi connectivity index (χ1v) is 5.03. The van der Waals surface area contributed by atoms with Gasteiger partial charge in [-0.05, 0) is 18.6 Å². The van der Waals surface area contributed by atoms with Crippen molar-refractivity contribution in [1.29, 1.82) is 0 Å². The number of pyridine rings is 1. The van der Waals surface area contributed by atoms with Crippen molar-refractivity contribution < 1.29 is 17.9 Å². The van der Waals surface area contributed by atoms with Crippen molar-refractivity contribution in [1.82, 2.24) is 4.98 Å². The number of nitrogens with zero attached hydrogens (tertiary/aromatic N) is 1. The second kappa shape index (κ2) is 4.26. The van der Waals surface area contributed by atoms with Gasteiger partial charge in [-0.2, -0.15) is 4.98 Å². The maximum Gasteiger partial charge on any atom is 0.574 e. The molecule has 0 atom stereocenters. The monoisotopic (exact) mass is 284 g/mol. The van der Waals surface area contributed by atoms with Crippen LogP contribution in [0, 0.1) is 6.92 Å². The largest absolute Gasteiger partial charge is 0.574 e. The van der Waals surface area contributed by atoms with Crippen LogP contribution < -0.4 is 10.5 Å². The molecule has 0 aliphatic carbocycles. The van der Waals surface area contributed by atoms with Crippen LogP contribution in [-0.4, -0.2) is 11.3 Å². The van der Waals surface area contributed by atoms with Gasteiger partial charge in [-0.15, -0.1) is 13.2 Å². The summed E-state index contributed by atoms with van der Waals surface area (Å²) in [5.41, 5.74) is 6.26. The van der Waals surface area contributed by atoms with Crippen LogP contribution in [0.4, 0.5) is 19.0 Å². The van der Waals surface area contributed by atoms with Gasteiger partial charge in [0.05, 0.1) is 0 Å². The van der Waals surface area contributed by atoms with Crippen LogP contribution >= 0.6 is 15.9 Å². The van der Waals surface area contributed by atoms with Gasteiger partial charge in [0.25, 0.3) is 0 Å². The molecular formula is C8H8BrF3N2O. The van der Waals surface area contributed by atoms with Crippen molar-refractivity contribution in [2.24, 2.45) is 0 Å². The zero-order valence-corrected chi connectivity index (χ0v) is 9.32. The van der Waals surface area contributed by atoms with Crippen molar-refractivity contribution in [3.05, 3.63) is 17.2 Å². The van der Waals surface area contributed by atoms with Gasteiger partial charge in [-0.25, -0.2) is 0 Å². The Morgan fingerprint density at radius 3 is 2.60 bits per heavy atom. The van der Waals surface area contributed by atoms with E-state index in [0.717, 1.165) is 0 Å². The number of aryl methyl sites for hydroxylation is 1. The summed E-state index contributed by atoms with van der Waals surface area (Å²) >= 11 is 3.06. The number of halogens is 4. The summed E-state index contributed by atoms with van der Waals surface area (Å²) in [4.78, 5) is 3.50. The van der Waals surface area contributed by atoms with E-state index < -0.39 is 12.2 Å². The SMILES string of the molecule is Cc1cc(N)nc(OC(F)(F)F)c1CBr. The number of anilines is 1. The van der Waals surface area contributed by atoms with E-state index in [1.54, 1.807) is 6.92 Å². The van der Waals surface area contributed by atoms with Gasteiger partial charge in [-0.3, -0.25) is 0 Å². The number of aromatic nitrogens is 1. The standard InChI is InChI=1S/C8H8BrF3N2O/c1-4-2-6(13)14-7(5(4)3-9)15-8(10,11)12/h2H,3H2,1H3,(H2,13,14). The molecule has 0 aliphatic heterocycles. The van der Waals surface area contributed by atoms with E-state index in [1.165, 1.54) is 6.07 Å². The molecule has 84 valence electrons. The fourth-order valence-corrected chi connectivity index (χ4v) is 1.73. The van der Waals surface area contributed by atoms with Gasteiger partial charge in [0.2, 0.25) is 5.88 Å². The summed E-state index contributed by atoms with van der Waals surface area (Å²) < 4.78 is 39.8. The first-order valence-electron chi connectivity index (χ1n) is 3.91. The van der Waals surface area contributed by atoms with E-state index in [2.05, 4.69) is 25.7 Å². The Hall–Kier alpha value is -0.980. The van der Waals surface area contributed by atoms with Crippen LogP contribution in [0.3, 0.4) is 0 Å². The molecule has 0 amide bonds. The molecule has 2 N–H and O–H groups in total. The average molecular weight is 285 g/mol. The molecule has 3 nitrogen and oxygen atoms in total. The predicted octanol–water partition coefficient (Wildman–Crippen LogP) is 2.77. The molecule has 0 unspecified atom stereocenters. The second-order valence-electron chi connectivity index (χ2n) is 2.83. The van der Waals surface area contributed by atoms with Crippen LogP contribution in [0.25, 0.3) is 0 Å². The number of hydrogen-bond acceptors (Lipinski definition) is 3. The molecule has 0 bridgehead atoms. The first-order chi connectivity index (χ1) is 6.83. The van der Waals surface area contributed by atoms with E-state index in [0.29, 0.717) is 11.1 Å². The summed E-state index contributed by atoms with van der Waals surface area (Å²) in [5, 5.41) is 0.220. The topological polar surface area (TPSA) is 48.1 Å². The van der Waals surface area contributed by atoms with Gasteiger partial charge < -0.3 is 10.5 Å². The number of nitrogens with two attached hydrogens (primary N) is 1. The lowest BCUT2D eigenvalue weighted by atomic mass is 10.2. The minimum absolute atomic E-state index is 0.00329. The van der Waals surface area contributed by atoms with Gasteiger partial charge in [0.1, 0.15) is 5.82 Å². The molecule has 0 aromatic carbocycles. The summed E-state index contributed by atoms with van der Waals surface area (Å²) in [5.74, 6) is -0.506.